The van der Waals surface area contributed by atoms with Crippen LogP contribution in [0.1, 0.15) is 12.5 Å². The first kappa shape index (κ1) is 14.0. The quantitative estimate of drug-likeness (QED) is 0.715. The summed E-state index contributed by atoms with van der Waals surface area (Å²) in [5, 5.41) is 12.8. The summed E-state index contributed by atoms with van der Waals surface area (Å²) in [6.07, 6.45) is -0.591. The summed E-state index contributed by atoms with van der Waals surface area (Å²) in [5.74, 6) is 0.809. The summed E-state index contributed by atoms with van der Waals surface area (Å²) < 4.78 is 10.4. The lowest BCUT2D eigenvalue weighted by molar-refractivity contribution is 0.0323. The Labute approximate surface area is 103 Å². The molecular weight excluding hydrogens is 218 g/mol. The van der Waals surface area contributed by atoms with Crippen molar-refractivity contribution >= 4 is 0 Å². The van der Waals surface area contributed by atoms with Crippen LogP contribution in [-0.2, 0) is 11.3 Å². The van der Waals surface area contributed by atoms with Crippen LogP contribution < -0.4 is 10.1 Å². The van der Waals surface area contributed by atoms with Gasteiger partial charge in [-0.3, -0.25) is 0 Å². The third kappa shape index (κ3) is 5.17. The highest BCUT2D eigenvalue weighted by Gasteiger charge is 2.07. The molecule has 0 aliphatic rings. The van der Waals surface area contributed by atoms with Gasteiger partial charge >= 0.3 is 0 Å². The van der Waals surface area contributed by atoms with E-state index in [-0.39, 0.29) is 13.2 Å². The number of aliphatic hydroxyl groups excluding tert-OH is 1. The molecule has 0 spiro atoms. The van der Waals surface area contributed by atoms with Gasteiger partial charge in [-0.15, -0.1) is 0 Å². The Kier molecular flexibility index (Phi) is 6.62. The highest BCUT2D eigenvalue weighted by molar-refractivity contribution is 5.33. The number of para-hydroxylation sites is 1. The van der Waals surface area contributed by atoms with Crippen molar-refractivity contribution in [2.45, 2.75) is 19.6 Å². The normalized spacial score (nSPS) is 12.4. The largest absolute Gasteiger partial charge is 0.490 e. The zero-order chi connectivity index (χ0) is 12.5. The zero-order valence-electron chi connectivity index (χ0n) is 10.5. The van der Waals surface area contributed by atoms with Gasteiger partial charge in [0.15, 0.2) is 0 Å². The van der Waals surface area contributed by atoms with Crippen molar-refractivity contribution in [1.29, 1.82) is 0 Å². The summed E-state index contributed by atoms with van der Waals surface area (Å²) in [5.41, 5.74) is 1.10. The van der Waals surface area contributed by atoms with Crippen LogP contribution in [-0.4, -0.2) is 38.1 Å². The Morgan fingerprint density at radius 1 is 1.29 bits per heavy atom. The molecular formula is C13H21NO3. The van der Waals surface area contributed by atoms with E-state index >= 15 is 0 Å². The van der Waals surface area contributed by atoms with Crippen LogP contribution in [0.15, 0.2) is 24.3 Å². The van der Waals surface area contributed by atoms with Gasteiger partial charge in [0.05, 0.1) is 6.61 Å². The third-order valence-electron chi connectivity index (χ3n) is 2.33. The predicted molar refractivity (Wildman–Crippen MR) is 67.2 cm³/mol. The number of rotatable bonds is 8. The summed E-state index contributed by atoms with van der Waals surface area (Å²) >= 11 is 0. The number of hydrogen-bond donors (Lipinski definition) is 2. The predicted octanol–water partition coefficient (Wildman–Crippen LogP) is 1.18. The van der Waals surface area contributed by atoms with E-state index in [1.807, 2.05) is 24.3 Å². The van der Waals surface area contributed by atoms with Crippen molar-refractivity contribution in [3.63, 3.8) is 0 Å². The molecule has 0 saturated carbocycles. The Hall–Kier alpha value is -1.10. The third-order valence-corrected chi connectivity index (χ3v) is 2.33. The zero-order valence-corrected chi connectivity index (χ0v) is 10.5. The average Bonchev–Trinajstić information content (AvgIpc) is 2.35. The lowest BCUT2D eigenvalue weighted by Crippen LogP contribution is -2.23. The molecule has 4 heteroatoms. The molecule has 2 N–H and O–H groups in total. The first-order chi connectivity index (χ1) is 8.27. The maximum Gasteiger partial charge on any atom is 0.123 e. The van der Waals surface area contributed by atoms with Crippen molar-refractivity contribution in [2.75, 3.05) is 26.9 Å². The first-order valence-electron chi connectivity index (χ1n) is 5.86. The fraction of sp³-hybridized carbons (Fsp3) is 0.538. The summed E-state index contributed by atoms with van der Waals surface area (Å²) in [6, 6.07) is 7.82. The van der Waals surface area contributed by atoms with Gasteiger partial charge in [-0.25, -0.2) is 0 Å². The minimum Gasteiger partial charge on any atom is -0.490 e. The van der Waals surface area contributed by atoms with Gasteiger partial charge in [0.2, 0.25) is 0 Å². The van der Waals surface area contributed by atoms with Crippen LogP contribution in [0.4, 0.5) is 0 Å². The van der Waals surface area contributed by atoms with Gasteiger partial charge in [-0.2, -0.15) is 0 Å². The molecule has 0 bridgehead atoms. The number of aliphatic hydroxyl groups is 1. The van der Waals surface area contributed by atoms with E-state index in [2.05, 4.69) is 12.2 Å². The SMILES string of the molecule is CCNCc1ccccc1OCC(O)COC. The highest BCUT2D eigenvalue weighted by Crippen LogP contribution is 2.17. The monoisotopic (exact) mass is 239 g/mol. The molecule has 0 radical (unpaired) electrons. The van der Waals surface area contributed by atoms with E-state index < -0.39 is 6.10 Å². The Balaban J connectivity index is 2.51. The van der Waals surface area contributed by atoms with E-state index in [4.69, 9.17) is 9.47 Å². The summed E-state index contributed by atoms with van der Waals surface area (Å²) in [4.78, 5) is 0. The maximum atomic E-state index is 9.51. The molecule has 0 aliphatic heterocycles. The number of ether oxygens (including phenoxy) is 2. The van der Waals surface area contributed by atoms with E-state index in [9.17, 15) is 5.11 Å². The Bertz CT molecular complexity index is 317. The van der Waals surface area contributed by atoms with Gasteiger partial charge in [0.1, 0.15) is 18.5 Å². The van der Waals surface area contributed by atoms with Crippen LogP contribution in [0.5, 0.6) is 5.75 Å². The molecule has 17 heavy (non-hydrogen) atoms. The number of nitrogens with one attached hydrogen (secondary N) is 1. The van der Waals surface area contributed by atoms with Gasteiger partial charge in [-0.05, 0) is 12.6 Å². The number of hydrogen-bond acceptors (Lipinski definition) is 4. The molecule has 1 aromatic rings. The number of benzene rings is 1. The van der Waals surface area contributed by atoms with Crippen molar-refractivity contribution < 1.29 is 14.6 Å². The molecule has 1 unspecified atom stereocenters. The lowest BCUT2D eigenvalue weighted by Gasteiger charge is -2.14. The Morgan fingerprint density at radius 2 is 2.06 bits per heavy atom. The maximum absolute atomic E-state index is 9.51. The molecule has 1 atom stereocenters. The Morgan fingerprint density at radius 3 is 2.76 bits per heavy atom. The van der Waals surface area contributed by atoms with Crippen LogP contribution in [0.3, 0.4) is 0 Å². The first-order valence-corrected chi connectivity index (χ1v) is 5.86. The van der Waals surface area contributed by atoms with E-state index in [0.717, 1.165) is 24.4 Å². The van der Waals surface area contributed by atoms with E-state index in [1.54, 1.807) is 7.11 Å². The molecule has 0 aromatic heterocycles. The van der Waals surface area contributed by atoms with E-state index in [1.165, 1.54) is 0 Å². The van der Waals surface area contributed by atoms with Gasteiger partial charge < -0.3 is 19.9 Å². The minimum absolute atomic E-state index is 0.247. The van der Waals surface area contributed by atoms with Crippen LogP contribution in [0.2, 0.25) is 0 Å². The van der Waals surface area contributed by atoms with Crippen molar-refractivity contribution in [2.24, 2.45) is 0 Å². The second kappa shape index (κ2) is 8.06. The van der Waals surface area contributed by atoms with Gasteiger partial charge in [-0.1, -0.05) is 25.1 Å². The average molecular weight is 239 g/mol. The number of methoxy groups -OCH3 is 1. The van der Waals surface area contributed by atoms with Crippen molar-refractivity contribution in [1.82, 2.24) is 5.32 Å². The van der Waals surface area contributed by atoms with E-state index in [0.29, 0.717) is 0 Å². The molecule has 1 aromatic carbocycles. The van der Waals surface area contributed by atoms with Gasteiger partial charge in [0, 0.05) is 19.2 Å². The molecule has 0 aliphatic carbocycles. The second-order valence-electron chi connectivity index (χ2n) is 3.81. The minimum atomic E-state index is -0.591. The van der Waals surface area contributed by atoms with Crippen molar-refractivity contribution in [3.8, 4) is 5.75 Å². The standard InChI is InChI=1S/C13H21NO3/c1-3-14-8-11-6-4-5-7-13(11)17-10-12(15)9-16-2/h4-7,12,14-15H,3,8-10H2,1-2H3. The second-order valence-corrected chi connectivity index (χ2v) is 3.81. The van der Waals surface area contributed by atoms with Crippen molar-refractivity contribution in [3.05, 3.63) is 29.8 Å². The topological polar surface area (TPSA) is 50.7 Å². The molecule has 96 valence electrons. The smallest absolute Gasteiger partial charge is 0.123 e. The van der Waals surface area contributed by atoms with Crippen LogP contribution in [0, 0.1) is 0 Å². The highest BCUT2D eigenvalue weighted by atomic mass is 16.5. The molecule has 1 rings (SSSR count). The van der Waals surface area contributed by atoms with Gasteiger partial charge in [0.25, 0.3) is 0 Å². The molecule has 0 amide bonds. The fourth-order valence-electron chi connectivity index (χ4n) is 1.48. The fourth-order valence-corrected chi connectivity index (χ4v) is 1.48. The molecule has 4 nitrogen and oxygen atoms in total. The summed E-state index contributed by atoms with van der Waals surface area (Å²) in [7, 11) is 1.56. The molecule has 0 heterocycles. The molecule has 0 saturated heterocycles. The summed E-state index contributed by atoms with van der Waals surface area (Å²) in [6.45, 7) is 4.28. The van der Waals surface area contributed by atoms with Crippen LogP contribution >= 0.6 is 0 Å². The lowest BCUT2D eigenvalue weighted by atomic mass is 10.2. The van der Waals surface area contributed by atoms with Crippen LogP contribution in [0.25, 0.3) is 0 Å². The molecule has 0 fully saturated rings.